The van der Waals surface area contributed by atoms with Crippen LogP contribution in [0.2, 0.25) is 0 Å². The molecule has 1 rings (SSSR count). The zero-order valence-electron chi connectivity index (χ0n) is 9.34. The van der Waals surface area contributed by atoms with E-state index in [0.717, 1.165) is 5.56 Å². The summed E-state index contributed by atoms with van der Waals surface area (Å²) in [5.74, 6) is 0.611. The van der Waals surface area contributed by atoms with Crippen LogP contribution < -0.4 is 4.74 Å². The molecule has 0 saturated carbocycles. The fraction of sp³-hybridized carbons (Fsp3) is 0.500. The van der Waals surface area contributed by atoms with Gasteiger partial charge in [0.25, 0.3) is 0 Å². The minimum Gasteiger partial charge on any atom is -0.491 e. The average Bonchev–Trinajstić information content (AvgIpc) is 2.35. The molecule has 0 aliphatic rings. The molecule has 3 N–H and O–H groups in total. The zero-order valence-corrected chi connectivity index (χ0v) is 9.34. The molecule has 0 spiro atoms. The fourth-order valence-corrected chi connectivity index (χ4v) is 1.27. The molecule has 4 nitrogen and oxygen atoms in total. The van der Waals surface area contributed by atoms with E-state index in [0.29, 0.717) is 12.2 Å². The van der Waals surface area contributed by atoms with E-state index in [4.69, 9.17) is 14.9 Å². The number of rotatable bonds is 6. The topological polar surface area (TPSA) is 69.9 Å². The first-order valence-corrected chi connectivity index (χ1v) is 5.37. The van der Waals surface area contributed by atoms with E-state index >= 15 is 0 Å². The number of hydrogen-bond acceptors (Lipinski definition) is 4. The number of aliphatic hydroxyl groups excluding tert-OH is 3. The van der Waals surface area contributed by atoms with Gasteiger partial charge in [-0.25, -0.2) is 0 Å². The van der Waals surface area contributed by atoms with Crippen LogP contribution in [-0.4, -0.2) is 34.6 Å². The SMILES string of the molecule is CCC(O)c1ccc(OC[C@@H](O)CO)cc1. The highest BCUT2D eigenvalue weighted by atomic mass is 16.5. The lowest BCUT2D eigenvalue weighted by atomic mass is 10.1. The van der Waals surface area contributed by atoms with Crippen molar-refractivity contribution < 1.29 is 20.1 Å². The van der Waals surface area contributed by atoms with E-state index in [1.807, 2.05) is 6.92 Å². The second-order valence-corrected chi connectivity index (χ2v) is 3.64. The minimum absolute atomic E-state index is 0.0617. The molecule has 2 atom stereocenters. The van der Waals surface area contributed by atoms with E-state index in [1.165, 1.54) is 0 Å². The molecule has 90 valence electrons. The second kappa shape index (κ2) is 6.48. The summed E-state index contributed by atoms with van der Waals surface area (Å²) < 4.78 is 5.24. The normalized spacial score (nSPS) is 14.5. The molecule has 0 heterocycles. The summed E-state index contributed by atoms with van der Waals surface area (Å²) in [4.78, 5) is 0. The quantitative estimate of drug-likeness (QED) is 0.673. The van der Waals surface area contributed by atoms with Gasteiger partial charge in [-0.15, -0.1) is 0 Å². The van der Waals surface area contributed by atoms with Crippen molar-refractivity contribution in [3.8, 4) is 5.75 Å². The summed E-state index contributed by atoms with van der Waals surface area (Å²) in [6.07, 6.45) is -0.637. The van der Waals surface area contributed by atoms with Gasteiger partial charge in [0.2, 0.25) is 0 Å². The summed E-state index contributed by atoms with van der Waals surface area (Å²) in [5, 5.41) is 27.2. The van der Waals surface area contributed by atoms with E-state index in [9.17, 15) is 5.11 Å². The molecule has 0 aliphatic carbocycles. The Morgan fingerprint density at radius 3 is 2.31 bits per heavy atom. The number of hydrogen-bond donors (Lipinski definition) is 3. The van der Waals surface area contributed by atoms with Crippen molar-refractivity contribution in [3.05, 3.63) is 29.8 Å². The third kappa shape index (κ3) is 3.81. The van der Waals surface area contributed by atoms with Gasteiger partial charge in [-0.1, -0.05) is 19.1 Å². The van der Waals surface area contributed by atoms with Crippen molar-refractivity contribution in [2.24, 2.45) is 0 Å². The molecular weight excluding hydrogens is 208 g/mol. The van der Waals surface area contributed by atoms with Gasteiger partial charge in [0.1, 0.15) is 18.5 Å². The highest BCUT2D eigenvalue weighted by Crippen LogP contribution is 2.19. The van der Waals surface area contributed by atoms with Crippen molar-refractivity contribution in [3.63, 3.8) is 0 Å². The van der Waals surface area contributed by atoms with Crippen molar-refractivity contribution in [2.45, 2.75) is 25.6 Å². The van der Waals surface area contributed by atoms with Crippen LogP contribution in [0.4, 0.5) is 0 Å². The monoisotopic (exact) mass is 226 g/mol. The van der Waals surface area contributed by atoms with Gasteiger partial charge in [-0.05, 0) is 24.1 Å². The molecule has 1 aromatic carbocycles. The van der Waals surface area contributed by atoms with Gasteiger partial charge in [-0.2, -0.15) is 0 Å². The first kappa shape index (κ1) is 13.0. The van der Waals surface area contributed by atoms with Crippen LogP contribution in [0, 0.1) is 0 Å². The van der Waals surface area contributed by atoms with Gasteiger partial charge in [-0.3, -0.25) is 0 Å². The lowest BCUT2D eigenvalue weighted by Crippen LogP contribution is -2.21. The third-order valence-electron chi connectivity index (χ3n) is 2.30. The molecule has 0 saturated heterocycles. The molecule has 0 amide bonds. The van der Waals surface area contributed by atoms with Gasteiger partial charge in [0.15, 0.2) is 0 Å². The summed E-state index contributed by atoms with van der Waals surface area (Å²) >= 11 is 0. The number of aliphatic hydroxyl groups is 3. The summed E-state index contributed by atoms with van der Waals surface area (Å²) in [6, 6.07) is 7.04. The van der Waals surface area contributed by atoms with E-state index in [2.05, 4.69) is 0 Å². The largest absolute Gasteiger partial charge is 0.491 e. The van der Waals surface area contributed by atoms with Crippen LogP contribution >= 0.6 is 0 Å². The maximum Gasteiger partial charge on any atom is 0.119 e. The number of ether oxygens (including phenoxy) is 1. The predicted octanol–water partition coefficient (Wildman–Crippen LogP) is 0.862. The molecule has 1 unspecified atom stereocenters. The first-order valence-electron chi connectivity index (χ1n) is 5.37. The van der Waals surface area contributed by atoms with E-state index in [-0.39, 0.29) is 13.2 Å². The molecule has 16 heavy (non-hydrogen) atoms. The summed E-state index contributed by atoms with van der Waals surface area (Å²) in [5.41, 5.74) is 0.845. The Morgan fingerprint density at radius 1 is 1.19 bits per heavy atom. The lowest BCUT2D eigenvalue weighted by molar-refractivity contribution is 0.0536. The molecule has 0 aromatic heterocycles. The molecule has 1 aromatic rings. The summed E-state index contributed by atoms with van der Waals surface area (Å²) in [7, 11) is 0. The standard InChI is InChI=1S/C12H18O4/c1-2-12(15)9-3-5-11(6-4-9)16-8-10(14)7-13/h3-6,10,12-15H,2,7-8H2,1H3/t10-,12?/m0/s1. The number of benzene rings is 1. The minimum atomic E-state index is -0.860. The van der Waals surface area contributed by atoms with Crippen LogP contribution in [0.5, 0.6) is 5.75 Å². The predicted molar refractivity (Wildman–Crippen MR) is 60.3 cm³/mol. The Balaban J connectivity index is 2.51. The molecule has 0 aliphatic heterocycles. The second-order valence-electron chi connectivity index (χ2n) is 3.64. The van der Waals surface area contributed by atoms with Crippen molar-refractivity contribution in [2.75, 3.05) is 13.2 Å². The van der Waals surface area contributed by atoms with Crippen LogP contribution in [0.3, 0.4) is 0 Å². The van der Waals surface area contributed by atoms with Crippen LogP contribution in [0.25, 0.3) is 0 Å². The highest BCUT2D eigenvalue weighted by molar-refractivity contribution is 5.28. The van der Waals surface area contributed by atoms with Gasteiger partial charge >= 0.3 is 0 Å². The molecule has 4 heteroatoms. The summed E-state index contributed by atoms with van der Waals surface area (Å²) in [6.45, 7) is 1.66. The van der Waals surface area contributed by atoms with E-state index < -0.39 is 12.2 Å². The average molecular weight is 226 g/mol. The molecule has 0 radical (unpaired) electrons. The van der Waals surface area contributed by atoms with E-state index in [1.54, 1.807) is 24.3 Å². The smallest absolute Gasteiger partial charge is 0.119 e. The van der Waals surface area contributed by atoms with Crippen molar-refractivity contribution in [1.29, 1.82) is 0 Å². The van der Waals surface area contributed by atoms with Crippen LogP contribution in [-0.2, 0) is 0 Å². The zero-order chi connectivity index (χ0) is 12.0. The Morgan fingerprint density at radius 2 is 1.81 bits per heavy atom. The Bertz CT molecular complexity index is 296. The van der Waals surface area contributed by atoms with Crippen LogP contribution in [0.1, 0.15) is 25.0 Å². The maximum absolute atomic E-state index is 9.56. The maximum atomic E-state index is 9.56. The van der Waals surface area contributed by atoms with Crippen LogP contribution in [0.15, 0.2) is 24.3 Å². The highest BCUT2D eigenvalue weighted by Gasteiger charge is 2.06. The van der Waals surface area contributed by atoms with Gasteiger partial charge in [0.05, 0.1) is 12.7 Å². The van der Waals surface area contributed by atoms with Gasteiger partial charge in [0, 0.05) is 0 Å². The first-order chi connectivity index (χ1) is 7.67. The lowest BCUT2D eigenvalue weighted by Gasteiger charge is -2.11. The Hall–Kier alpha value is -1.10. The van der Waals surface area contributed by atoms with Crippen molar-refractivity contribution in [1.82, 2.24) is 0 Å². The Kier molecular flexibility index (Phi) is 5.25. The fourth-order valence-electron chi connectivity index (χ4n) is 1.27. The Labute approximate surface area is 95.1 Å². The molecular formula is C12H18O4. The van der Waals surface area contributed by atoms with Crippen molar-refractivity contribution >= 4 is 0 Å². The third-order valence-corrected chi connectivity index (χ3v) is 2.30. The van der Waals surface area contributed by atoms with Gasteiger partial charge < -0.3 is 20.1 Å². The molecule has 0 bridgehead atoms. The molecule has 0 fully saturated rings.